The molecule has 0 fully saturated rings. The predicted octanol–water partition coefficient (Wildman–Crippen LogP) is 0.979. The zero-order valence-electron chi connectivity index (χ0n) is 8.86. The monoisotopic (exact) mass is 222 g/mol. The number of hydrogen-bond acceptors (Lipinski definition) is 3. The van der Waals surface area contributed by atoms with Crippen LogP contribution in [0.2, 0.25) is 0 Å². The fourth-order valence-corrected chi connectivity index (χ4v) is 1.71. The minimum atomic E-state index is -1.05. The number of fused-ring (bicyclic) bond motifs is 1. The average Bonchev–Trinajstić information content (AvgIpc) is 2.69. The van der Waals surface area contributed by atoms with Crippen LogP contribution in [0, 0.1) is 0 Å². The Morgan fingerprint density at radius 3 is 3.31 bits per heavy atom. The van der Waals surface area contributed by atoms with Crippen molar-refractivity contribution in [2.45, 2.75) is 13.0 Å². The lowest BCUT2D eigenvalue weighted by atomic mass is 10.1. The molecule has 1 aromatic rings. The second-order valence-electron chi connectivity index (χ2n) is 3.67. The minimum absolute atomic E-state index is 0.218. The van der Waals surface area contributed by atoms with Crippen molar-refractivity contribution in [2.24, 2.45) is 0 Å². The van der Waals surface area contributed by atoms with Crippen LogP contribution in [0.25, 0.3) is 5.57 Å². The summed E-state index contributed by atoms with van der Waals surface area (Å²) < 4.78 is 1.88. The van der Waals surface area contributed by atoms with Gasteiger partial charge in [-0.3, -0.25) is 0 Å². The molecule has 0 unspecified atom stereocenters. The Morgan fingerprint density at radius 1 is 1.75 bits per heavy atom. The minimum Gasteiger partial charge on any atom is -0.465 e. The molecule has 3 N–H and O–H groups in total. The third kappa shape index (κ3) is 2.00. The normalized spacial score (nSPS) is 13.8. The number of nitrogens with one attached hydrogen (secondary N) is 2. The first-order chi connectivity index (χ1) is 7.68. The van der Waals surface area contributed by atoms with Gasteiger partial charge in [0.25, 0.3) is 0 Å². The van der Waals surface area contributed by atoms with Crippen molar-refractivity contribution in [2.75, 3.05) is 18.4 Å². The van der Waals surface area contributed by atoms with Gasteiger partial charge in [0.1, 0.15) is 5.82 Å². The Labute approximate surface area is 93.0 Å². The number of carbonyl (C=O) groups is 1. The molecule has 0 saturated heterocycles. The van der Waals surface area contributed by atoms with E-state index >= 15 is 0 Å². The summed E-state index contributed by atoms with van der Waals surface area (Å²) in [6.45, 7) is 5.88. The molecular weight excluding hydrogens is 208 g/mol. The van der Waals surface area contributed by atoms with E-state index in [4.69, 9.17) is 5.11 Å². The molecule has 2 rings (SSSR count). The van der Waals surface area contributed by atoms with Gasteiger partial charge in [0, 0.05) is 25.2 Å². The van der Waals surface area contributed by atoms with Gasteiger partial charge in [0.2, 0.25) is 0 Å². The maximum atomic E-state index is 10.4. The Bertz CT molecular complexity index is 424. The van der Waals surface area contributed by atoms with Crippen molar-refractivity contribution in [3.05, 3.63) is 18.3 Å². The maximum Gasteiger partial charge on any atom is 0.404 e. The van der Waals surface area contributed by atoms with Gasteiger partial charge >= 0.3 is 6.09 Å². The largest absolute Gasteiger partial charge is 0.465 e. The molecule has 0 saturated carbocycles. The van der Waals surface area contributed by atoms with Crippen LogP contribution in [-0.4, -0.2) is 34.1 Å². The van der Waals surface area contributed by atoms with Crippen LogP contribution < -0.4 is 10.6 Å². The Balaban J connectivity index is 2.11. The summed E-state index contributed by atoms with van der Waals surface area (Å²) in [6.07, 6.45) is 1.73. The number of anilines is 1. The number of hydrogen-bond donors (Lipinski definition) is 3. The van der Waals surface area contributed by atoms with Crippen LogP contribution in [0.4, 0.5) is 10.6 Å². The highest BCUT2D eigenvalue weighted by Crippen LogP contribution is 2.24. The molecular formula is C10H14N4O2. The fraction of sp³-hybridized carbons (Fsp3) is 0.400. The first-order valence-corrected chi connectivity index (χ1v) is 5.13. The van der Waals surface area contributed by atoms with Crippen molar-refractivity contribution < 1.29 is 9.90 Å². The summed E-state index contributed by atoms with van der Waals surface area (Å²) in [7, 11) is 0. The van der Waals surface area contributed by atoms with Crippen molar-refractivity contribution >= 4 is 17.5 Å². The Hall–Kier alpha value is -1.98. The molecule has 0 atom stereocenters. The molecule has 1 aliphatic rings. The van der Waals surface area contributed by atoms with Gasteiger partial charge in [-0.1, -0.05) is 6.58 Å². The van der Waals surface area contributed by atoms with Crippen molar-refractivity contribution in [3.8, 4) is 0 Å². The van der Waals surface area contributed by atoms with E-state index in [0.29, 0.717) is 0 Å². The lowest BCUT2D eigenvalue weighted by molar-refractivity contribution is 0.196. The smallest absolute Gasteiger partial charge is 0.404 e. The molecule has 2 heterocycles. The lowest BCUT2D eigenvalue weighted by Gasteiger charge is -2.17. The number of aromatic nitrogens is 2. The number of amides is 1. The molecule has 0 aliphatic carbocycles. The lowest BCUT2D eigenvalue weighted by Crippen LogP contribution is -2.23. The van der Waals surface area contributed by atoms with Crippen LogP contribution in [0.5, 0.6) is 0 Å². The van der Waals surface area contributed by atoms with Crippen molar-refractivity contribution in [1.29, 1.82) is 0 Å². The predicted molar refractivity (Wildman–Crippen MR) is 60.4 cm³/mol. The van der Waals surface area contributed by atoms with Crippen LogP contribution in [0.1, 0.15) is 12.0 Å². The molecule has 86 valence electrons. The summed E-state index contributed by atoms with van der Waals surface area (Å²) in [5.41, 5.74) is 1.60. The third-order valence-corrected chi connectivity index (χ3v) is 2.51. The second kappa shape index (κ2) is 4.26. The molecule has 1 aromatic heterocycles. The van der Waals surface area contributed by atoms with Gasteiger partial charge in [0.15, 0.2) is 0 Å². The van der Waals surface area contributed by atoms with Crippen LogP contribution in [0.15, 0.2) is 12.8 Å². The van der Waals surface area contributed by atoms with Gasteiger partial charge in [-0.05, 0) is 12.0 Å². The van der Waals surface area contributed by atoms with E-state index in [1.54, 1.807) is 6.20 Å². The van der Waals surface area contributed by atoms with E-state index < -0.39 is 6.09 Å². The summed E-state index contributed by atoms with van der Waals surface area (Å²) >= 11 is 0. The van der Waals surface area contributed by atoms with E-state index in [0.717, 1.165) is 36.5 Å². The molecule has 1 amide bonds. The highest BCUT2D eigenvalue weighted by Gasteiger charge is 2.16. The highest BCUT2D eigenvalue weighted by molar-refractivity contribution is 5.76. The standard InChI is InChI=1S/C10H14N4O2/c1-7(5-12-10(15)16)8-6-13-14-4-2-3-11-9(8)14/h6,11-12H,1-5H2,(H,15,16). The fourth-order valence-electron chi connectivity index (χ4n) is 1.71. The zero-order chi connectivity index (χ0) is 11.5. The molecule has 0 radical (unpaired) electrons. The highest BCUT2D eigenvalue weighted by atomic mass is 16.4. The Morgan fingerprint density at radius 2 is 2.56 bits per heavy atom. The van der Waals surface area contributed by atoms with E-state index in [2.05, 4.69) is 22.3 Å². The second-order valence-corrected chi connectivity index (χ2v) is 3.67. The van der Waals surface area contributed by atoms with Gasteiger partial charge < -0.3 is 15.7 Å². The Kier molecular flexibility index (Phi) is 2.80. The van der Waals surface area contributed by atoms with Crippen molar-refractivity contribution in [3.63, 3.8) is 0 Å². The summed E-state index contributed by atoms with van der Waals surface area (Å²) in [4.78, 5) is 10.4. The van der Waals surface area contributed by atoms with Gasteiger partial charge in [-0.25, -0.2) is 9.48 Å². The first kappa shape index (κ1) is 10.5. The number of nitrogens with zero attached hydrogens (tertiary/aromatic N) is 2. The van der Waals surface area contributed by atoms with Gasteiger partial charge in [-0.2, -0.15) is 5.10 Å². The SMILES string of the molecule is C=C(CNC(=O)O)c1cnn2c1NCCC2. The number of aryl methyl sites for hydroxylation is 1. The van der Waals surface area contributed by atoms with Gasteiger partial charge in [-0.15, -0.1) is 0 Å². The van der Waals surface area contributed by atoms with Crippen molar-refractivity contribution in [1.82, 2.24) is 15.1 Å². The molecule has 16 heavy (non-hydrogen) atoms. The first-order valence-electron chi connectivity index (χ1n) is 5.13. The van der Waals surface area contributed by atoms with E-state index in [1.807, 2.05) is 4.68 Å². The van der Waals surface area contributed by atoms with Gasteiger partial charge in [0.05, 0.1) is 6.20 Å². The van der Waals surface area contributed by atoms with Crippen LogP contribution >= 0.6 is 0 Å². The molecule has 6 nitrogen and oxygen atoms in total. The molecule has 0 aromatic carbocycles. The van der Waals surface area contributed by atoms with E-state index in [1.165, 1.54) is 0 Å². The van der Waals surface area contributed by atoms with Crippen LogP contribution in [-0.2, 0) is 6.54 Å². The number of rotatable bonds is 3. The zero-order valence-corrected chi connectivity index (χ0v) is 8.86. The molecule has 0 bridgehead atoms. The summed E-state index contributed by atoms with van der Waals surface area (Å²) in [5.74, 6) is 0.934. The van der Waals surface area contributed by atoms with Crippen LogP contribution in [0.3, 0.4) is 0 Å². The molecule has 0 spiro atoms. The van der Waals surface area contributed by atoms with E-state index in [-0.39, 0.29) is 6.54 Å². The quantitative estimate of drug-likeness (QED) is 0.712. The average molecular weight is 222 g/mol. The molecule has 6 heteroatoms. The molecule has 1 aliphatic heterocycles. The summed E-state index contributed by atoms with van der Waals surface area (Å²) in [6, 6.07) is 0. The van der Waals surface area contributed by atoms with E-state index in [9.17, 15) is 4.79 Å². The maximum absolute atomic E-state index is 10.4. The third-order valence-electron chi connectivity index (χ3n) is 2.51. The summed E-state index contributed by atoms with van der Waals surface area (Å²) in [5, 5.41) is 18.3. The topological polar surface area (TPSA) is 79.2 Å². The number of carboxylic acid groups (broad SMARTS) is 1.